The highest BCUT2D eigenvalue weighted by atomic mass is 32.2. The van der Waals surface area contributed by atoms with Gasteiger partial charge >= 0.3 is 0 Å². The van der Waals surface area contributed by atoms with Gasteiger partial charge in [0.25, 0.3) is 21.8 Å². The molecule has 1 saturated heterocycles. The Hall–Kier alpha value is -2.42. The Labute approximate surface area is 164 Å². The van der Waals surface area contributed by atoms with Gasteiger partial charge in [-0.25, -0.2) is 12.7 Å². The molecule has 1 aromatic carbocycles. The summed E-state index contributed by atoms with van der Waals surface area (Å²) in [4.78, 5) is 38.5. The van der Waals surface area contributed by atoms with Gasteiger partial charge in [-0.05, 0) is 44.9 Å². The molecule has 0 aromatic heterocycles. The molecule has 3 amide bonds. The number of likely N-dealkylation sites (tertiary alicyclic amines) is 1. The minimum Gasteiger partial charge on any atom is -0.352 e. The number of rotatable bonds is 4. The van der Waals surface area contributed by atoms with Crippen molar-refractivity contribution in [1.82, 2.24) is 14.5 Å². The normalized spacial score (nSPS) is 21.0. The molecule has 3 rings (SSSR count). The Bertz CT molecular complexity index is 925. The van der Waals surface area contributed by atoms with E-state index in [9.17, 15) is 22.8 Å². The summed E-state index contributed by atoms with van der Waals surface area (Å²) in [5, 5.41) is 2.90. The Morgan fingerprint density at radius 3 is 2.64 bits per heavy atom. The first kappa shape index (κ1) is 20.3. The van der Waals surface area contributed by atoms with Crippen LogP contribution in [0.2, 0.25) is 0 Å². The van der Waals surface area contributed by atoms with Gasteiger partial charge in [-0.2, -0.15) is 0 Å². The molecule has 8 nitrogen and oxygen atoms in total. The summed E-state index contributed by atoms with van der Waals surface area (Å²) in [5.41, 5.74) is 0.320. The van der Waals surface area contributed by atoms with Crippen molar-refractivity contribution in [3.8, 4) is 0 Å². The number of fused-ring (bicyclic) bond motifs is 1. The Morgan fingerprint density at radius 1 is 1.29 bits per heavy atom. The van der Waals surface area contributed by atoms with Crippen LogP contribution < -0.4 is 5.32 Å². The molecule has 1 atom stereocenters. The summed E-state index contributed by atoms with van der Waals surface area (Å²) in [5.74, 6) is -0.927. The number of nitrogens with one attached hydrogen (secondary N) is 1. The molecule has 0 radical (unpaired) electrons. The van der Waals surface area contributed by atoms with E-state index in [0.717, 1.165) is 17.1 Å². The monoisotopic (exact) mass is 407 g/mol. The molecule has 152 valence electrons. The van der Waals surface area contributed by atoms with E-state index in [-0.39, 0.29) is 33.9 Å². The third-order valence-corrected chi connectivity index (χ3v) is 7.06. The molecule has 2 aliphatic rings. The molecule has 2 aliphatic heterocycles. The molecule has 1 unspecified atom stereocenters. The minimum absolute atomic E-state index is 0.0600. The molecule has 1 aromatic rings. The van der Waals surface area contributed by atoms with E-state index in [1.54, 1.807) is 25.7 Å². The van der Waals surface area contributed by atoms with Crippen molar-refractivity contribution in [3.05, 3.63) is 29.3 Å². The SMILES string of the molecule is CCC(=O)NC1CCCN(C(=O)c2ccc3c(c2)S(=O)(=O)N(C(C)C)C3=O)C1. The maximum Gasteiger partial charge on any atom is 0.269 e. The predicted octanol–water partition coefficient (Wildman–Crippen LogP) is 1.37. The van der Waals surface area contributed by atoms with Crippen LogP contribution in [0.3, 0.4) is 0 Å². The second-order valence-corrected chi connectivity index (χ2v) is 9.21. The van der Waals surface area contributed by atoms with E-state index in [0.29, 0.717) is 19.5 Å². The Balaban J connectivity index is 1.85. The van der Waals surface area contributed by atoms with Crippen molar-refractivity contribution >= 4 is 27.7 Å². The molecular weight excluding hydrogens is 382 g/mol. The fraction of sp³-hybridized carbons (Fsp3) is 0.526. The fourth-order valence-corrected chi connectivity index (χ4v) is 5.48. The lowest BCUT2D eigenvalue weighted by Crippen LogP contribution is -2.49. The standard InChI is InChI=1S/C19H25N3O5S/c1-4-17(23)20-14-6-5-9-21(11-14)18(24)13-7-8-15-16(10-13)28(26,27)22(12(2)3)19(15)25/h7-8,10,12,14H,4-6,9,11H2,1-3H3,(H,20,23). The highest BCUT2D eigenvalue weighted by Crippen LogP contribution is 2.33. The third-order valence-electron chi connectivity index (χ3n) is 5.06. The first-order valence-corrected chi connectivity index (χ1v) is 10.9. The van der Waals surface area contributed by atoms with Crippen LogP contribution in [-0.2, 0) is 14.8 Å². The van der Waals surface area contributed by atoms with Gasteiger partial charge in [0, 0.05) is 37.2 Å². The molecule has 0 saturated carbocycles. The number of hydrogen-bond donors (Lipinski definition) is 1. The van der Waals surface area contributed by atoms with Gasteiger partial charge in [-0.3, -0.25) is 14.4 Å². The molecule has 1 fully saturated rings. The van der Waals surface area contributed by atoms with Gasteiger partial charge in [0.2, 0.25) is 5.91 Å². The molecule has 1 N–H and O–H groups in total. The van der Waals surface area contributed by atoms with E-state index >= 15 is 0 Å². The van der Waals surface area contributed by atoms with E-state index in [2.05, 4.69) is 5.32 Å². The van der Waals surface area contributed by atoms with Crippen molar-refractivity contribution in [2.45, 2.75) is 57.0 Å². The van der Waals surface area contributed by atoms with Crippen LogP contribution in [0.4, 0.5) is 0 Å². The average Bonchev–Trinajstić information content (AvgIpc) is 2.86. The lowest BCUT2D eigenvalue weighted by Gasteiger charge is -2.33. The van der Waals surface area contributed by atoms with E-state index in [4.69, 9.17) is 0 Å². The van der Waals surface area contributed by atoms with Gasteiger partial charge in [0.1, 0.15) is 4.90 Å². The van der Waals surface area contributed by atoms with E-state index < -0.39 is 22.0 Å². The molecule has 0 aliphatic carbocycles. The van der Waals surface area contributed by atoms with Crippen LogP contribution in [0.5, 0.6) is 0 Å². The maximum atomic E-state index is 12.9. The van der Waals surface area contributed by atoms with E-state index in [1.165, 1.54) is 18.2 Å². The second-order valence-electron chi connectivity index (χ2n) is 7.42. The largest absolute Gasteiger partial charge is 0.352 e. The number of carbonyl (C=O) groups excluding carboxylic acids is 3. The quantitative estimate of drug-likeness (QED) is 0.812. The van der Waals surface area contributed by atoms with Crippen LogP contribution >= 0.6 is 0 Å². The third kappa shape index (κ3) is 3.50. The summed E-state index contributed by atoms with van der Waals surface area (Å²) < 4.78 is 26.3. The summed E-state index contributed by atoms with van der Waals surface area (Å²) in [6.45, 7) is 5.95. The van der Waals surface area contributed by atoms with Crippen LogP contribution in [0.1, 0.15) is 60.7 Å². The average molecular weight is 407 g/mol. The second kappa shape index (κ2) is 7.54. The van der Waals surface area contributed by atoms with E-state index in [1.807, 2.05) is 0 Å². The fourth-order valence-electron chi connectivity index (χ4n) is 3.68. The van der Waals surface area contributed by atoms with Crippen molar-refractivity contribution in [1.29, 1.82) is 0 Å². The first-order valence-electron chi connectivity index (χ1n) is 9.48. The van der Waals surface area contributed by atoms with Crippen molar-refractivity contribution in [3.63, 3.8) is 0 Å². The summed E-state index contributed by atoms with van der Waals surface area (Å²) in [7, 11) is -3.96. The van der Waals surface area contributed by atoms with Gasteiger partial charge < -0.3 is 10.2 Å². The molecule has 0 bridgehead atoms. The van der Waals surface area contributed by atoms with Crippen LogP contribution in [0.15, 0.2) is 23.1 Å². The highest BCUT2D eigenvalue weighted by molar-refractivity contribution is 7.90. The molecular formula is C19H25N3O5S. The number of carbonyl (C=O) groups is 3. The first-order chi connectivity index (χ1) is 13.2. The summed E-state index contributed by atoms with van der Waals surface area (Å²) in [6.07, 6.45) is 1.93. The number of nitrogens with zero attached hydrogens (tertiary/aromatic N) is 2. The predicted molar refractivity (Wildman–Crippen MR) is 102 cm³/mol. The maximum absolute atomic E-state index is 12.9. The van der Waals surface area contributed by atoms with Crippen LogP contribution in [-0.4, -0.2) is 60.5 Å². The minimum atomic E-state index is -3.96. The number of hydrogen-bond acceptors (Lipinski definition) is 5. The molecule has 28 heavy (non-hydrogen) atoms. The van der Waals surface area contributed by atoms with Gasteiger partial charge in [0.15, 0.2) is 0 Å². The summed E-state index contributed by atoms with van der Waals surface area (Å²) in [6, 6.07) is 3.58. The lowest BCUT2D eigenvalue weighted by molar-refractivity contribution is -0.121. The number of benzene rings is 1. The molecule has 2 heterocycles. The number of amides is 3. The lowest BCUT2D eigenvalue weighted by atomic mass is 10.0. The van der Waals surface area contributed by atoms with Gasteiger partial charge in [-0.15, -0.1) is 0 Å². The topological polar surface area (TPSA) is 104 Å². The van der Waals surface area contributed by atoms with Crippen molar-refractivity contribution in [2.24, 2.45) is 0 Å². The number of piperidine rings is 1. The summed E-state index contributed by atoms with van der Waals surface area (Å²) >= 11 is 0. The highest BCUT2D eigenvalue weighted by Gasteiger charge is 2.43. The Kier molecular flexibility index (Phi) is 5.47. The van der Waals surface area contributed by atoms with Crippen LogP contribution in [0, 0.1) is 0 Å². The van der Waals surface area contributed by atoms with Crippen molar-refractivity contribution < 1.29 is 22.8 Å². The zero-order valence-corrected chi connectivity index (χ0v) is 17.1. The zero-order valence-electron chi connectivity index (χ0n) is 16.3. The smallest absolute Gasteiger partial charge is 0.269 e. The van der Waals surface area contributed by atoms with Gasteiger partial charge in [0.05, 0.1) is 5.56 Å². The Morgan fingerprint density at radius 2 is 2.00 bits per heavy atom. The number of sulfonamides is 1. The van der Waals surface area contributed by atoms with Crippen molar-refractivity contribution in [2.75, 3.05) is 13.1 Å². The molecule has 0 spiro atoms. The van der Waals surface area contributed by atoms with Crippen LogP contribution in [0.25, 0.3) is 0 Å². The molecule has 9 heteroatoms. The van der Waals surface area contributed by atoms with Gasteiger partial charge in [-0.1, -0.05) is 6.92 Å². The zero-order chi connectivity index (χ0) is 20.6.